The third-order valence-corrected chi connectivity index (χ3v) is 4.23. The molecule has 2 rings (SSSR count). The SMILES string of the molecule is CCNC(=NCC1(C)COC1)NC1CCN(C(=O)OCC)CC1.I. The molecule has 0 saturated carbocycles. The summed E-state index contributed by atoms with van der Waals surface area (Å²) in [6.07, 6.45) is 1.61. The van der Waals surface area contributed by atoms with Crippen LogP contribution in [0.15, 0.2) is 4.99 Å². The standard InChI is InChI=1S/C16H30N4O3.HI/c1-4-17-14(18-10-16(3)11-22-12-16)19-13-6-8-20(9-7-13)15(21)23-5-2;/h13H,4-12H2,1-3H3,(H2,17,18,19);1H. The first kappa shape index (κ1) is 21.3. The molecule has 0 radical (unpaired) electrons. The van der Waals surface area contributed by atoms with E-state index in [9.17, 15) is 4.79 Å². The largest absolute Gasteiger partial charge is 0.450 e. The van der Waals surface area contributed by atoms with Crippen molar-refractivity contribution in [1.29, 1.82) is 0 Å². The molecule has 0 aromatic rings. The second-order valence-corrected chi connectivity index (χ2v) is 6.60. The first-order chi connectivity index (χ1) is 11.1. The van der Waals surface area contributed by atoms with E-state index in [1.165, 1.54) is 0 Å². The van der Waals surface area contributed by atoms with Gasteiger partial charge in [-0.05, 0) is 26.7 Å². The summed E-state index contributed by atoms with van der Waals surface area (Å²) in [7, 11) is 0. The summed E-state index contributed by atoms with van der Waals surface area (Å²) in [5.74, 6) is 0.857. The molecule has 2 heterocycles. The van der Waals surface area contributed by atoms with E-state index in [4.69, 9.17) is 14.5 Å². The lowest BCUT2D eigenvalue weighted by Crippen LogP contribution is -2.50. The minimum atomic E-state index is -0.204. The molecule has 1 amide bonds. The Balaban J connectivity index is 0.00000288. The van der Waals surface area contributed by atoms with Gasteiger partial charge in [0.25, 0.3) is 0 Å². The average Bonchev–Trinajstić information content (AvgIpc) is 2.52. The van der Waals surface area contributed by atoms with Gasteiger partial charge in [-0.25, -0.2) is 4.79 Å². The molecule has 8 heteroatoms. The van der Waals surface area contributed by atoms with Crippen molar-refractivity contribution in [3.05, 3.63) is 0 Å². The second kappa shape index (κ2) is 10.3. The van der Waals surface area contributed by atoms with E-state index >= 15 is 0 Å². The molecule has 2 aliphatic heterocycles. The van der Waals surface area contributed by atoms with E-state index in [0.717, 1.165) is 58.2 Å². The van der Waals surface area contributed by atoms with Crippen LogP contribution < -0.4 is 10.6 Å². The monoisotopic (exact) mass is 454 g/mol. The molecule has 0 bridgehead atoms. The van der Waals surface area contributed by atoms with Crippen molar-refractivity contribution >= 4 is 36.0 Å². The van der Waals surface area contributed by atoms with Gasteiger partial charge in [0, 0.05) is 31.1 Å². The summed E-state index contributed by atoms with van der Waals surface area (Å²) in [6, 6.07) is 0.337. The van der Waals surface area contributed by atoms with Gasteiger partial charge in [-0.1, -0.05) is 6.92 Å². The van der Waals surface area contributed by atoms with Gasteiger partial charge >= 0.3 is 6.09 Å². The number of likely N-dealkylation sites (tertiary alicyclic amines) is 1. The van der Waals surface area contributed by atoms with Crippen molar-refractivity contribution in [3.63, 3.8) is 0 Å². The van der Waals surface area contributed by atoms with Gasteiger partial charge < -0.3 is 25.0 Å². The summed E-state index contributed by atoms with van der Waals surface area (Å²) in [5, 5.41) is 6.79. The van der Waals surface area contributed by atoms with Crippen LogP contribution in [0.1, 0.15) is 33.6 Å². The van der Waals surface area contributed by atoms with E-state index in [1.54, 1.807) is 4.90 Å². The topological polar surface area (TPSA) is 75.2 Å². The number of nitrogens with one attached hydrogen (secondary N) is 2. The zero-order chi connectivity index (χ0) is 16.7. The highest BCUT2D eigenvalue weighted by atomic mass is 127. The molecule has 0 spiro atoms. The highest BCUT2D eigenvalue weighted by Crippen LogP contribution is 2.26. The number of hydrogen-bond acceptors (Lipinski definition) is 4. The summed E-state index contributed by atoms with van der Waals surface area (Å²) >= 11 is 0. The Morgan fingerprint density at radius 2 is 2.00 bits per heavy atom. The number of amides is 1. The first-order valence-electron chi connectivity index (χ1n) is 8.60. The van der Waals surface area contributed by atoms with Crippen molar-refractivity contribution in [2.24, 2.45) is 10.4 Å². The Morgan fingerprint density at radius 3 is 2.50 bits per heavy atom. The molecular formula is C16H31IN4O3. The molecule has 0 aliphatic carbocycles. The normalized spacial score (nSPS) is 20.6. The van der Waals surface area contributed by atoms with Crippen LogP contribution in [-0.2, 0) is 9.47 Å². The molecule has 2 fully saturated rings. The maximum absolute atomic E-state index is 11.7. The van der Waals surface area contributed by atoms with Crippen molar-refractivity contribution < 1.29 is 14.3 Å². The Labute approximate surface area is 161 Å². The third kappa shape index (κ3) is 6.27. The van der Waals surface area contributed by atoms with Crippen molar-refractivity contribution in [1.82, 2.24) is 15.5 Å². The fraction of sp³-hybridized carbons (Fsp3) is 0.875. The number of carbonyl (C=O) groups excluding carboxylic acids is 1. The predicted molar refractivity (Wildman–Crippen MR) is 105 cm³/mol. The number of piperidine rings is 1. The highest BCUT2D eigenvalue weighted by Gasteiger charge is 2.33. The molecular weight excluding hydrogens is 423 g/mol. The number of rotatable bonds is 5. The Kier molecular flexibility index (Phi) is 9.11. The highest BCUT2D eigenvalue weighted by molar-refractivity contribution is 14.0. The molecule has 140 valence electrons. The molecule has 2 aliphatic rings. The lowest BCUT2D eigenvalue weighted by Gasteiger charge is -2.37. The van der Waals surface area contributed by atoms with E-state index in [2.05, 4.69) is 24.5 Å². The summed E-state index contributed by atoms with van der Waals surface area (Å²) in [5.41, 5.74) is 0.176. The van der Waals surface area contributed by atoms with Gasteiger partial charge in [-0.15, -0.1) is 24.0 Å². The van der Waals surface area contributed by atoms with Crippen LogP contribution in [0.3, 0.4) is 0 Å². The molecule has 2 N–H and O–H groups in total. The molecule has 7 nitrogen and oxygen atoms in total. The fourth-order valence-corrected chi connectivity index (χ4v) is 2.75. The molecule has 0 aromatic carbocycles. The van der Waals surface area contributed by atoms with Gasteiger partial charge in [0.2, 0.25) is 0 Å². The second-order valence-electron chi connectivity index (χ2n) is 6.60. The first-order valence-corrected chi connectivity index (χ1v) is 8.60. The minimum Gasteiger partial charge on any atom is -0.450 e. The van der Waals surface area contributed by atoms with E-state index in [1.807, 2.05) is 6.92 Å². The van der Waals surface area contributed by atoms with Crippen molar-refractivity contribution in [2.75, 3.05) is 46.0 Å². The van der Waals surface area contributed by atoms with Crippen LogP contribution >= 0.6 is 24.0 Å². The summed E-state index contributed by atoms with van der Waals surface area (Å²) in [6.45, 7) is 11.1. The molecule has 24 heavy (non-hydrogen) atoms. The quantitative estimate of drug-likeness (QED) is 0.377. The van der Waals surface area contributed by atoms with Gasteiger partial charge in [0.1, 0.15) is 0 Å². The van der Waals surface area contributed by atoms with Crippen LogP contribution in [0.2, 0.25) is 0 Å². The van der Waals surface area contributed by atoms with Crippen molar-refractivity contribution in [3.8, 4) is 0 Å². The number of hydrogen-bond donors (Lipinski definition) is 2. The van der Waals surface area contributed by atoms with Crippen LogP contribution in [-0.4, -0.2) is 69.0 Å². The predicted octanol–water partition coefficient (Wildman–Crippen LogP) is 1.82. The summed E-state index contributed by atoms with van der Waals surface area (Å²) < 4.78 is 10.3. The van der Waals surface area contributed by atoms with Crippen LogP contribution in [0.5, 0.6) is 0 Å². The van der Waals surface area contributed by atoms with Crippen LogP contribution in [0.25, 0.3) is 0 Å². The maximum Gasteiger partial charge on any atom is 0.409 e. The van der Waals surface area contributed by atoms with E-state index < -0.39 is 0 Å². The number of carbonyl (C=O) groups is 1. The van der Waals surface area contributed by atoms with Crippen molar-refractivity contribution in [2.45, 2.75) is 39.7 Å². The molecule has 0 unspecified atom stereocenters. The zero-order valence-electron chi connectivity index (χ0n) is 15.0. The van der Waals surface area contributed by atoms with Gasteiger partial charge in [-0.2, -0.15) is 0 Å². The van der Waals surface area contributed by atoms with Gasteiger partial charge in [0.05, 0.1) is 26.4 Å². The average molecular weight is 454 g/mol. The molecule has 0 aromatic heterocycles. The molecule has 0 atom stereocenters. The number of halogens is 1. The van der Waals surface area contributed by atoms with Crippen LogP contribution in [0, 0.1) is 5.41 Å². The number of aliphatic imine (C=N–C) groups is 1. The maximum atomic E-state index is 11.7. The van der Waals surface area contributed by atoms with E-state index in [-0.39, 0.29) is 35.5 Å². The lowest BCUT2D eigenvalue weighted by atomic mass is 9.89. The molecule has 2 saturated heterocycles. The Hall–Kier alpha value is -0.770. The fourth-order valence-electron chi connectivity index (χ4n) is 2.75. The van der Waals surface area contributed by atoms with E-state index in [0.29, 0.717) is 12.6 Å². The third-order valence-electron chi connectivity index (χ3n) is 4.23. The Morgan fingerprint density at radius 1 is 1.33 bits per heavy atom. The number of guanidine groups is 1. The smallest absolute Gasteiger partial charge is 0.409 e. The Bertz CT molecular complexity index is 422. The minimum absolute atomic E-state index is 0. The van der Waals surface area contributed by atoms with Gasteiger partial charge in [-0.3, -0.25) is 4.99 Å². The number of ether oxygens (including phenoxy) is 2. The lowest BCUT2D eigenvalue weighted by molar-refractivity contribution is -0.0945. The summed E-state index contributed by atoms with van der Waals surface area (Å²) in [4.78, 5) is 18.2. The zero-order valence-corrected chi connectivity index (χ0v) is 17.3. The van der Waals surface area contributed by atoms with Crippen LogP contribution in [0.4, 0.5) is 4.79 Å². The van der Waals surface area contributed by atoms with Gasteiger partial charge in [0.15, 0.2) is 5.96 Å². The number of nitrogens with zero attached hydrogens (tertiary/aromatic N) is 2.